The molecule has 1 aromatic carbocycles. The number of benzene rings is 1. The van der Waals surface area contributed by atoms with Gasteiger partial charge >= 0.3 is 0 Å². The summed E-state index contributed by atoms with van der Waals surface area (Å²) in [5.74, 6) is 0.180. The number of hydrogen-bond donors (Lipinski definition) is 1. The standard InChI is InChI=1S/C21H24N4O/c1-13-6-5-7-14(2)18(13)11-22-19-10-17(24-9-8-20(24)26)12-25-16(4)15(3)23-21(19)25/h5-7,10,12,22H,8-9,11H2,1-4H3. The summed E-state index contributed by atoms with van der Waals surface area (Å²) in [5.41, 5.74) is 8.76. The van der Waals surface area contributed by atoms with Gasteiger partial charge in [-0.25, -0.2) is 4.98 Å². The normalized spacial score (nSPS) is 14.0. The first-order valence-corrected chi connectivity index (χ1v) is 9.04. The predicted molar refractivity (Wildman–Crippen MR) is 105 cm³/mol. The Balaban J connectivity index is 1.75. The molecule has 0 atom stereocenters. The van der Waals surface area contributed by atoms with Crippen molar-refractivity contribution in [1.82, 2.24) is 9.38 Å². The second kappa shape index (κ2) is 6.16. The van der Waals surface area contributed by atoms with E-state index in [1.807, 2.05) is 24.1 Å². The molecule has 1 fully saturated rings. The third-order valence-electron chi connectivity index (χ3n) is 5.44. The summed E-state index contributed by atoms with van der Waals surface area (Å²) in [5, 5.41) is 3.56. The van der Waals surface area contributed by atoms with Crippen LogP contribution in [0.2, 0.25) is 0 Å². The topological polar surface area (TPSA) is 49.6 Å². The van der Waals surface area contributed by atoms with Gasteiger partial charge in [0.2, 0.25) is 5.91 Å². The fourth-order valence-corrected chi connectivity index (χ4v) is 3.53. The fraction of sp³-hybridized carbons (Fsp3) is 0.333. The molecule has 1 amide bonds. The monoisotopic (exact) mass is 348 g/mol. The SMILES string of the molecule is Cc1cccc(C)c1CNc1cc(N2CCC2=O)cn2c(C)c(C)nc12. The number of carbonyl (C=O) groups is 1. The molecule has 3 heterocycles. The molecule has 0 aliphatic carbocycles. The van der Waals surface area contributed by atoms with Crippen molar-refractivity contribution in [3.05, 3.63) is 58.5 Å². The quantitative estimate of drug-likeness (QED) is 0.727. The second-order valence-corrected chi connectivity index (χ2v) is 7.11. The Morgan fingerprint density at radius 2 is 1.88 bits per heavy atom. The zero-order valence-corrected chi connectivity index (χ0v) is 15.8. The Bertz CT molecular complexity index is 998. The zero-order chi connectivity index (χ0) is 18.4. The summed E-state index contributed by atoms with van der Waals surface area (Å²) >= 11 is 0. The van der Waals surface area contributed by atoms with Crippen LogP contribution < -0.4 is 10.2 Å². The van der Waals surface area contributed by atoms with Crippen molar-refractivity contribution in [2.45, 2.75) is 40.7 Å². The zero-order valence-electron chi connectivity index (χ0n) is 15.8. The Hall–Kier alpha value is -2.82. The van der Waals surface area contributed by atoms with Gasteiger partial charge in [-0.3, -0.25) is 4.79 Å². The van der Waals surface area contributed by atoms with Crippen LogP contribution in [0.3, 0.4) is 0 Å². The first-order chi connectivity index (χ1) is 12.5. The molecule has 1 aliphatic rings. The van der Waals surface area contributed by atoms with Crippen LogP contribution in [0.1, 0.15) is 34.5 Å². The van der Waals surface area contributed by atoms with Crippen molar-refractivity contribution in [2.75, 3.05) is 16.8 Å². The van der Waals surface area contributed by atoms with Crippen molar-refractivity contribution >= 4 is 22.9 Å². The van der Waals surface area contributed by atoms with Gasteiger partial charge in [-0.05, 0) is 50.5 Å². The molecular weight excluding hydrogens is 324 g/mol. The third kappa shape index (κ3) is 2.64. The number of rotatable bonds is 4. The Morgan fingerprint density at radius 3 is 2.50 bits per heavy atom. The number of β-lactam (4-membered cyclic amide) rings is 1. The van der Waals surface area contributed by atoms with Crippen molar-refractivity contribution in [2.24, 2.45) is 0 Å². The highest BCUT2D eigenvalue weighted by molar-refractivity contribution is 6.00. The van der Waals surface area contributed by atoms with E-state index in [0.717, 1.165) is 41.5 Å². The molecular formula is C21H24N4O. The number of nitrogens with zero attached hydrogens (tertiary/aromatic N) is 3. The minimum atomic E-state index is 0.180. The lowest BCUT2D eigenvalue weighted by Crippen LogP contribution is -2.43. The van der Waals surface area contributed by atoms with Gasteiger partial charge in [-0.1, -0.05) is 18.2 Å². The number of fused-ring (bicyclic) bond motifs is 1. The molecule has 0 saturated carbocycles. The Kier molecular flexibility index (Phi) is 3.94. The Morgan fingerprint density at radius 1 is 1.15 bits per heavy atom. The van der Waals surface area contributed by atoms with Gasteiger partial charge in [0.05, 0.1) is 17.1 Å². The maximum atomic E-state index is 11.9. The van der Waals surface area contributed by atoms with E-state index in [9.17, 15) is 4.79 Å². The first kappa shape index (κ1) is 16.6. The summed E-state index contributed by atoms with van der Waals surface area (Å²) in [4.78, 5) is 18.5. The highest BCUT2D eigenvalue weighted by Gasteiger charge is 2.26. The molecule has 0 bridgehead atoms. The highest BCUT2D eigenvalue weighted by atomic mass is 16.2. The van der Waals surface area contributed by atoms with Gasteiger partial charge < -0.3 is 14.6 Å². The number of pyridine rings is 1. The predicted octanol–water partition coefficient (Wildman–Crippen LogP) is 3.92. The first-order valence-electron chi connectivity index (χ1n) is 9.04. The van der Waals surface area contributed by atoms with E-state index in [-0.39, 0.29) is 5.91 Å². The lowest BCUT2D eigenvalue weighted by molar-refractivity contribution is -0.122. The van der Waals surface area contributed by atoms with Crippen LogP contribution in [-0.2, 0) is 11.3 Å². The fourth-order valence-electron chi connectivity index (χ4n) is 3.53. The van der Waals surface area contributed by atoms with Crippen LogP contribution in [0, 0.1) is 27.7 Å². The van der Waals surface area contributed by atoms with E-state index < -0.39 is 0 Å². The molecule has 5 nitrogen and oxygen atoms in total. The van der Waals surface area contributed by atoms with Crippen LogP contribution in [0.5, 0.6) is 0 Å². The van der Waals surface area contributed by atoms with E-state index >= 15 is 0 Å². The summed E-state index contributed by atoms with van der Waals surface area (Å²) in [7, 11) is 0. The summed E-state index contributed by atoms with van der Waals surface area (Å²) in [6.07, 6.45) is 2.65. The summed E-state index contributed by atoms with van der Waals surface area (Å²) in [6.45, 7) is 9.87. The average Bonchev–Trinajstić information content (AvgIpc) is 2.88. The molecule has 4 rings (SSSR count). The van der Waals surface area contributed by atoms with Crippen LogP contribution >= 0.6 is 0 Å². The third-order valence-corrected chi connectivity index (χ3v) is 5.44. The van der Waals surface area contributed by atoms with Crippen molar-refractivity contribution in [1.29, 1.82) is 0 Å². The number of aryl methyl sites for hydroxylation is 4. The van der Waals surface area contributed by atoms with Gasteiger partial charge in [0.15, 0.2) is 5.65 Å². The Labute approximate surface area is 153 Å². The van der Waals surface area contributed by atoms with Crippen molar-refractivity contribution < 1.29 is 4.79 Å². The number of nitrogens with one attached hydrogen (secondary N) is 1. The number of hydrogen-bond acceptors (Lipinski definition) is 3. The number of aromatic nitrogens is 2. The molecule has 26 heavy (non-hydrogen) atoms. The van der Waals surface area contributed by atoms with E-state index in [1.165, 1.54) is 16.7 Å². The number of carbonyl (C=O) groups excluding carboxylic acids is 1. The van der Waals surface area contributed by atoms with Gasteiger partial charge in [0.1, 0.15) is 0 Å². The summed E-state index contributed by atoms with van der Waals surface area (Å²) < 4.78 is 2.09. The van der Waals surface area contributed by atoms with Gasteiger partial charge in [0, 0.05) is 31.4 Å². The van der Waals surface area contributed by atoms with Gasteiger partial charge in [-0.2, -0.15) is 0 Å². The number of anilines is 2. The second-order valence-electron chi connectivity index (χ2n) is 7.11. The van der Waals surface area contributed by atoms with Crippen LogP contribution in [0.15, 0.2) is 30.5 Å². The molecule has 134 valence electrons. The average molecular weight is 348 g/mol. The molecule has 0 radical (unpaired) electrons. The van der Waals surface area contributed by atoms with Crippen LogP contribution in [0.4, 0.5) is 11.4 Å². The number of amides is 1. The number of imidazole rings is 1. The largest absolute Gasteiger partial charge is 0.378 e. The minimum Gasteiger partial charge on any atom is -0.378 e. The lowest BCUT2D eigenvalue weighted by Gasteiger charge is -2.31. The lowest BCUT2D eigenvalue weighted by atomic mass is 10.0. The molecule has 3 aromatic rings. The van der Waals surface area contributed by atoms with E-state index in [0.29, 0.717) is 6.42 Å². The maximum Gasteiger partial charge on any atom is 0.228 e. The molecule has 1 aliphatic heterocycles. The molecule has 2 aromatic heterocycles. The van der Waals surface area contributed by atoms with Gasteiger partial charge in [-0.15, -0.1) is 0 Å². The van der Waals surface area contributed by atoms with Crippen LogP contribution in [-0.4, -0.2) is 21.8 Å². The summed E-state index contributed by atoms with van der Waals surface area (Å²) in [6, 6.07) is 8.41. The minimum absolute atomic E-state index is 0.180. The molecule has 1 N–H and O–H groups in total. The highest BCUT2D eigenvalue weighted by Crippen LogP contribution is 2.30. The smallest absolute Gasteiger partial charge is 0.228 e. The maximum absolute atomic E-state index is 11.9. The van der Waals surface area contributed by atoms with E-state index in [1.54, 1.807) is 0 Å². The van der Waals surface area contributed by atoms with E-state index in [4.69, 9.17) is 4.98 Å². The van der Waals surface area contributed by atoms with Crippen molar-refractivity contribution in [3.63, 3.8) is 0 Å². The van der Waals surface area contributed by atoms with Crippen molar-refractivity contribution in [3.8, 4) is 0 Å². The van der Waals surface area contributed by atoms with Gasteiger partial charge in [0.25, 0.3) is 0 Å². The molecule has 0 spiro atoms. The molecule has 1 saturated heterocycles. The van der Waals surface area contributed by atoms with Crippen LogP contribution in [0.25, 0.3) is 5.65 Å². The molecule has 0 unspecified atom stereocenters. The van der Waals surface area contributed by atoms with E-state index in [2.05, 4.69) is 48.7 Å². The molecule has 5 heteroatoms.